The summed E-state index contributed by atoms with van der Waals surface area (Å²) in [5.41, 5.74) is 6.64. The second-order valence-corrected chi connectivity index (χ2v) is 2.05. The van der Waals surface area contributed by atoms with Gasteiger partial charge in [0.05, 0.1) is 0 Å². The minimum Gasteiger partial charge on any atom is -0.358 e. The van der Waals surface area contributed by atoms with Crippen LogP contribution in [-0.4, -0.2) is 0 Å². The molecule has 0 aliphatic heterocycles. The molecule has 0 bridgehead atoms. The first-order valence-electron chi connectivity index (χ1n) is 2.95. The third kappa shape index (κ3) is 2.83. The SMILES string of the molecule is C[C-](N)c1ccccc1.[Y+3]. The third-order valence-electron chi connectivity index (χ3n) is 1.23. The molecule has 0 aliphatic rings. The summed E-state index contributed by atoms with van der Waals surface area (Å²) in [6, 6.07) is 10.8. The smallest absolute Gasteiger partial charge is 0.358 e. The van der Waals surface area contributed by atoms with Crippen molar-refractivity contribution in [3.63, 3.8) is 0 Å². The minimum atomic E-state index is 0. The Labute approximate surface area is 86.9 Å². The van der Waals surface area contributed by atoms with Crippen molar-refractivity contribution < 1.29 is 32.7 Å². The fraction of sp³-hybridized carbons (Fsp3) is 0.125. The Morgan fingerprint density at radius 3 is 2.00 bits per heavy atom. The van der Waals surface area contributed by atoms with Crippen LogP contribution in [0.1, 0.15) is 12.5 Å². The predicted molar refractivity (Wildman–Crippen MR) is 38.6 cm³/mol. The summed E-state index contributed by atoms with van der Waals surface area (Å²) in [5, 5.41) is 0. The summed E-state index contributed by atoms with van der Waals surface area (Å²) < 4.78 is 0. The maximum absolute atomic E-state index is 5.53. The van der Waals surface area contributed by atoms with Gasteiger partial charge in [-0.1, -0.05) is 13.0 Å². The van der Waals surface area contributed by atoms with Crippen molar-refractivity contribution in [2.75, 3.05) is 0 Å². The van der Waals surface area contributed by atoms with Crippen LogP contribution in [0, 0.1) is 6.04 Å². The topological polar surface area (TPSA) is 26.0 Å². The van der Waals surface area contributed by atoms with Crippen molar-refractivity contribution in [1.29, 1.82) is 0 Å². The Morgan fingerprint density at radius 1 is 1.20 bits per heavy atom. The number of benzene rings is 1. The molecule has 1 aromatic carbocycles. The number of hydrogen-bond acceptors (Lipinski definition) is 1. The van der Waals surface area contributed by atoms with Crippen LogP contribution >= 0.6 is 0 Å². The van der Waals surface area contributed by atoms with Gasteiger partial charge in [-0.25, -0.2) is 0 Å². The van der Waals surface area contributed by atoms with Gasteiger partial charge in [-0.05, 0) is 0 Å². The molecule has 10 heavy (non-hydrogen) atoms. The first kappa shape index (κ1) is 10.2. The van der Waals surface area contributed by atoms with Gasteiger partial charge in [0.25, 0.3) is 0 Å². The summed E-state index contributed by atoms with van der Waals surface area (Å²) >= 11 is 0. The summed E-state index contributed by atoms with van der Waals surface area (Å²) in [5.74, 6) is 0. The van der Waals surface area contributed by atoms with E-state index in [1.807, 2.05) is 37.3 Å². The van der Waals surface area contributed by atoms with Crippen LogP contribution < -0.4 is 5.73 Å². The molecule has 0 aliphatic carbocycles. The molecule has 0 heterocycles. The molecule has 1 nitrogen and oxygen atoms in total. The van der Waals surface area contributed by atoms with E-state index >= 15 is 0 Å². The van der Waals surface area contributed by atoms with Crippen molar-refractivity contribution in [2.24, 2.45) is 5.73 Å². The first-order chi connectivity index (χ1) is 4.30. The van der Waals surface area contributed by atoms with Crippen molar-refractivity contribution in [2.45, 2.75) is 6.92 Å². The van der Waals surface area contributed by atoms with Crippen molar-refractivity contribution in [1.82, 2.24) is 0 Å². The van der Waals surface area contributed by atoms with E-state index in [-0.39, 0.29) is 32.7 Å². The van der Waals surface area contributed by atoms with E-state index in [9.17, 15) is 0 Å². The van der Waals surface area contributed by atoms with Gasteiger partial charge in [-0.3, -0.25) is 0 Å². The van der Waals surface area contributed by atoms with Gasteiger partial charge in [0.1, 0.15) is 0 Å². The van der Waals surface area contributed by atoms with Crippen molar-refractivity contribution in [3.8, 4) is 0 Å². The van der Waals surface area contributed by atoms with Gasteiger partial charge in [-0.2, -0.15) is 17.7 Å². The van der Waals surface area contributed by atoms with Gasteiger partial charge in [0.2, 0.25) is 0 Å². The molecule has 0 spiro atoms. The van der Waals surface area contributed by atoms with E-state index < -0.39 is 0 Å². The van der Waals surface area contributed by atoms with E-state index in [4.69, 9.17) is 5.73 Å². The average molecular weight is 209 g/mol. The third-order valence-corrected chi connectivity index (χ3v) is 1.23. The summed E-state index contributed by atoms with van der Waals surface area (Å²) in [7, 11) is 0. The molecule has 48 valence electrons. The molecule has 2 heteroatoms. The van der Waals surface area contributed by atoms with E-state index in [2.05, 4.69) is 0 Å². The van der Waals surface area contributed by atoms with Gasteiger partial charge in [0.15, 0.2) is 0 Å². The first-order valence-corrected chi connectivity index (χ1v) is 2.95. The molecule has 0 radical (unpaired) electrons. The molecular formula is C8H10NY+2. The monoisotopic (exact) mass is 209 g/mol. The molecule has 2 N–H and O–H groups in total. The van der Waals surface area contributed by atoms with E-state index in [1.54, 1.807) is 0 Å². The number of rotatable bonds is 1. The van der Waals surface area contributed by atoms with Gasteiger partial charge in [-0.15, -0.1) is 18.2 Å². The molecule has 0 aromatic heterocycles. The molecule has 0 atom stereocenters. The van der Waals surface area contributed by atoms with Gasteiger partial charge < -0.3 is 5.73 Å². The maximum Gasteiger partial charge on any atom is 3.00 e. The largest absolute Gasteiger partial charge is 3.00 e. The Kier molecular flexibility index (Phi) is 4.97. The second-order valence-electron chi connectivity index (χ2n) is 2.05. The summed E-state index contributed by atoms with van der Waals surface area (Å²) in [6.07, 6.45) is 0. The van der Waals surface area contributed by atoms with Crippen LogP contribution in [-0.2, 0) is 32.7 Å². The number of nitrogens with two attached hydrogens (primary N) is 1. The molecule has 0 saturated heterocycles. The van der Waals surface area contributed by atoms with Crippen molar-refractivity contribution in [3.05, 3.63) is 41.9 Å². The zero-order valence-electron chi connectivity index (χ0n) is 6.04. The standard InChI is InChI=1S/C8H10N.Y/c1-7(9)8-5-3-2-4-6-8;/h2-6H,9H2,1H3;/q-1;+3. The van der Waals surface area contributed by atoms with Crippen LogP contribution in [0.3, 0.4) is 0 Å². The second kappa shape index (κ2) is 4.89. The molecule has 0 fully saturated rings. The Morgan fingerprint density at radius 2 is 1.70 bits per heavy atom. The Hall–Kier alpha value is 0.154. The Balaban J connectivity index is 0.000000810. The molecule has 0 unspecified atom stereocenters. The number of hydrogen-bond donors (Lipinski definition) is 1. The van der Waals surface area contributed by atoms with Crippen molar-refractivity contribution >= 4 is 0 Å². The molecule has 1 aromatic rings. The quantitative estimate of drug-likeness (QED) is 0.697. The average Bonchev–Trinajstić information content (AvgIpc) is 1.90. The van der Waals surface area contributed by atoms with Crippen LogP contribution in [0.5, 0.6) is 0 Å². The summed E-state index contributed by atoms with van der Waals surface area (Å²) in [6.45, 7) is 1.90. The van der Waals surface area contributed by atoms with E-state index in [0.29, 0.717) is 0 Å². The predicted octanol–water partition coefficient (Wildman–Crippen LogP) is 1.54. The molecular weight excluding hydrogens is 199 g/mol. The zero-order chi connectivity index (χ0) is 6.69. The Bertz CT molecular complexity index is 172. The molecule has 0 saturated carbocycles. The normalized spacial score (nSPS) is 8.20. The van der Waals surface area contributed by atoms with Crippen LogP contribution in [0.4, 0.5) is 0 Å². The van der Waals surface area contributed by atoms with E-state index in [1.165, 1.54) is 0 Å². The molecule has 0 amide bonds. The van der Waals surface area contributed by atoms with Gasteiger partial charge in [0, 0.05) is 0 Å². The molecule has 1 rings (SSSR count). The van der Waals surface area contributed by atoms with Gasteiger partial charge >= 0.3 is 32.7 Å². The fourth-order valence-electron chi connectivity index (χ4n) is 0.701. The van der Waals surface area contributed by atoms with Crippen LogP contribution in [0.25, 0.3) is 0 Å². The van der Waals surface area contributed by atoms with Crippen LogP contribution in [0.2, 0.25) is 0 Å². The maximum atomic E-state index is 5.53. The van der Waals surface area contributed by atoms with Crippen LogP contribution in [0.15, 0.2) is 30.3 Å². The zero-order valence-corrected chi connectivity index (χ0v) is 8.88. The van der Waals surface area contributed by atoms with E-state index in [0.717, 1.165) is 11.6 Å². The summed E-state index contributed by atoms with van der Waals surface area (Å²) in [4.78, 5) is 0. The fourth-order valence-corrected chi connectivity index (χ4v) is 0.701. The minimum absolute atomic E-state index is 0.